The zero-order valence-electron chi connectivity index (χ0n) is 21.4. The highest BCUT2D eigenvalue weighted by molar-refractivity contribution is 7.22. The molecule has 0 saturated heterocycles. The first-order chi connectivity index (χ1) is 16.9. The fraction of sp³-hybridized carbons (Fsp3) is 0.462. The van der Waals surface area contributed by atoms with Gasteiger partial charge in [0.15, 0.2) is 16.6 Å². The minimum absolute atomic E-state index is 0.186. The van der Waals surface area contributed by atoms with E-state index < -0.39 is 0 Å². The summed E-state index contributed by atoms with van der Waals surface area (Å²) in [5.74, 6) is 2.01. The van der Waals surface area contributed by atoms with Crippen LogP contribution >= 0.6 is 11.3 Å². The number of carbonyl (C=O) groups is 1. The number of anilines is 1. The molecule has 0 radical (unpaired) electrons. The summed E-state index contributed by atoms with van der Waals surface area (Å²) in [4.78, 5) is 22.5. The smallest absolute Gasteiger partial charge is 0.260 e. The van der Waals surface area contributed by atoms with Crippen LogP contribution in [0.5, 0.6) is 23.0 Å². The van der Waals surface area contributed by atoms with Gasteiger partial charge < -0.3 is 23.8 Å². The summed E-state index contributed by atoms with van der Waals surface area (Å²) < 4.78 is 24.2. The Morgan fingerprint density at radius 3 is 2.03 bits per heavy atom. The van der Waals surface area contributed by atoms with Crippen molar-refractivity contribution in [3.8, 4) is 23.0 Å². The van der Waals surface area contributed by atoms with Gasteiger partial charge in [0.2, 0.25) is 5.75 Å². The molecule has 0 bridgehead atoms. The average molecular weight is 502 g/mol. The molecule has 0 unspecified atom stereocenters. The highest BCUT2D eigenvalue weighted by Gasteiger charge is 2.25. The second-order valence-corrected chi connectivity index (χ2v) is 8.90. The minimum atomic E-state index is -0.186. The maximum absolute atomic E-state index is 13.9. The van der Waals surface area contributed by atoms with Crippen molar-refractivity contribution in [3.05, 3.63) is 35.9 Å². The molecule has 0 aliphatic carbocycles. The Morgan fingerprint density at radius 1 is 0.857 bits per heavy atom. The quantitative estimate of drug-likeness (QED) is 0.323. The number of likely N-dealkylation sites (N-methyl/N-ethyl adjacent to an activating group) is 1. The van der Waals surface area contributed by atoms with Crippen molar-refractivity contribution < 1.29 is 23.7 Å². The molecule has 35 heavy (non-hydrogen) atoms. The Kier molecular flexibility index (Phi) is 9.56. The van der Waals surface area contributed by atoms with Crippen molar-refractivity contribution in [1.82, 2.24) is 9.88 Å². The number of rotatable bonds is 13. The summed E-state index contributed by atoms with van der Waals surface area (Å²) in [6, 6.07) is 9.28. The molecule has 0 aliphatic rings. The van der Waals surface area contributed by atoms with E-state index in [1.54, 1.807) is 17.0 Å². The second-order valence-electron chi connectivity index (χ2n) is 7.89. The molecule has 0 fully saturated rings. The first-order valence-electron chi connectivity index (χ1n) is 12.0. The van der Waals surface area contributed by atoms with Crippen LogP contribution in [0.15, 0.2) is 30.3 Å². The molecule has 0 N–H and O–H groups in total. The topological polar surface area (TPSA) is 73.4 Å². The van der Waals surface area contributed by atoms with Crippen LogP contribution in [0.4, 0.5) is 5.13 Å². The van der Waals surface area contributed by atoms with E-state index in [2.05, 4.69) is 0 Å². The largest absolute Gasteiger partial charge is 0.492 e. The second kappa shape index (κ2) is 12.6. The Labute approximate surface area is 211 Å². The number of nitrogens with zero attached hydrogens (tertiary/aromatic N) is 3. The van der Waals surface area contributed by atoms with E-state index in [0.29, 0.717) is 73.2 Å². The van der Waals surface area contributed by atoms with Gasteiger partial charge in [-0.25, -0.2) is 4.98 Å². The SMILES string of the molecule is CCOc1cc(C(=O)N(CCN(C)C)c2nc3c(OCC)cccc3s2)cc(OCC)c1OCC. The van der Waals surface area contributed by atoms with Crippen LogP contribution in [-0.2, 0) is 0 Å². The Hall–Kier alpha value is -3.04. The van der Waals surface area contributed by atoms with Crippen molar-refractivity contribution in [2.45, 2.75) is 27.7 Å². The van der Waals surface area contributed by atoms with Crippen molar-refractivity contribution in [1.29, 1.82) is 0 Å². The molecular formula is C26H35N3O5S. The van der Waals surface area contributed by atoms with Gasteiger partial charge in [-0.1, -0.05) is 17.4 Å². The van der Waals surface area contributed by atoms with Gasteiger partial charge in [-0.2, -0.15) is 0 Å². The van der Waals surface area contributed by atoms with Gasteiger partial charge in [-0.05, 0) is 66.1 Å². The number of ether oxygens (including phenoxy) is 4. The Bertz CT molecular complexity index is 1100. The Balaban J connectivity index is 2.09. The fourth-order valence-electron chi connectivity index (χ4n) is 3.55. The lowest BCUT2D eigenvalue weighted by Crippen LogP contribution is -2.36. The van der Waals surface area contributed by atoms with Crippen molar-refractivity contribution in [2.75, 3.05) is 58.5 Å². The molecule has 1 aromatic heterocycles. The molecule has 3 aromatic rings. The summed E-state index contributed by atoms with van der Waals surface area (Å²) in [5, 5.41) is 0.615. The molecule has 0 spiro atoms. The van der Waals surface area contributed by atoms with Crippen LogP contribution in [-0.4, -0.2) is 69.4 Å². The summed E-state index contributed by atoms with van der Waals surface area (Å²) in [5.41, 5.74) is 1.21. The summed E-state index contributed by atoms with van der Waals surface area (Å²) in [6.07, 6.45) is 0. The van der Waals surface area contributed by atoms with Crippen LogP contribution in [0, 0.1) is 0 Å². The maximum Gasteiger partial charge on any atom is 0.260 e. The van der Waals surface area contributed by atoms with Crippen LogP contribution in [0.25, 0.3) is 10.2 Å². The normalized spacial score (nSPS) is 11.1. The molecule has 2 aromatic carbocycles. The van der Waals surface area contributed by atoms with Crippen molar-refractivity contribution in [3.63, 3.8) is 0 Å². The van der Waals surface area contributed by atoms with E-state index in [9.17, 15) is 4.79 Å². The highest BCUT2D eigenvalue weighted by atomic mass is 32.1. The lowest BCUT2D eigenvalue weighted by molar-refractivity contribution is 0.0984. The van der Waals surface area contributed by atoms with Gasteiger partial charge in [0.1, 0.15) is 11.3 Å². The number of hydrogen-bond donors (Lipinski definition) is 0. The molecular weight excluding hydrogens is 466 g/mol. The number of thiazole rings is 1. The predicted octanol–water partition coefficient (Wildman–Crippen LogP) is 5.10. The molecule has 190 valence electrons. The van der Waals surface area contributed by atoms with Crippen LogP contribution in [0.2, 0.25) is 0 Å². The van der Waals surface area contributed by atoms with E-state index in [1.807, 2.05) is 64.9 Å². The molecule has 8 nitrogen and oxygen atoms in total. The number of hydrogen-bond acceptors (Lipinski definition) is 8. The zero-order chi connectivity index (χ0) is 25.4. The van der Waals surface area contributed by atoms with E-state index >= 15 is 0 Å². The molecule has 0 aliphatic heterocycles. The van der Waals surface area contributed by atoms with Crippen LogP contribution in [0.1, 0.15) is 38.1 Å². The van der Waals surface area contributed by atoms with E-state index in [0.717, 1.165) is 10.2 Å². The van der Waals surface area contributed by atoms with Crippen molar-refractivity contribution in [2.24, 2.45) is 0 Å². The first kappa shape index (κ1) is 26.6. The number of para-hydroxylation sites is 1. The summed E-state index contributed by atoms with van der Waals surface area (Å²) in [7, 11) is 3.96. The monoisotopic (exact) mass is 501 g/mol. The molecule has 1 amide bonds. The number of fused-ring (bicyclic) bond motifs is 1. The number of carbonyl (C=O) groups excluding carboxylic acids is 1. The number of benzene rings is 2. The van der Waals surface area contributed by atoms with Gasteiger partial charge in [-0.3, -0.25) is 9.69 Å². The van der Waals surface area contributed by atoms with E-state index in [1.165, 1.54) is 11.3 Å². The minimum Gasteiger partial charge on any atom is -0.492 e. The first-order valence-corrected chi connectivity index (χ1v) is 12.8. The van der Waals surface area contributed by atoms with E-state index in [-0.39, 0.29) is 5.91 Å². The third kappa shape index (κ3) is 6.35. The molecule has 0 saturated carbocycles. The van der Waals surface area contributed by atoms with Crippen LogP contribution < -0.4 is 23.8 Å². The lowest BCUT2D eigenvalue weighted by Gasteiger charge is -2.23. The summed E-state index contributed by atoms with van der Waals surface area (Å²) in [6.45, 7) is 10.6. The molecule has 9 heteroatoms. The third-order valence-electron chi connectivity index (χ3n) is 5.07. The molecule has 3 rings (SSSR count). The van der Waals surface area contributed by atoms with Gasteiger partial charge >= 0.3 is 0 Å². The standard InChI is InChI=1S/C26H35N3O5S/c1-7-31-19-12-11-13-22-23(19)27-26(35-22)29(15-14-28(5)6)25(30)18-16-20(32-8-2)24(34-10-4)21(17-18)33-9-3/h11-13,16-17H,7-10,14-15H2,1-6H3. The van der Waals surface area contributed by atoms with Gasteiger partial charge in [0.05, 0.1) is 31.1 Å². The maximum atomic E-state index is 13.9. The Morgan fingerprint density at radius 2 is 1.46 bits per heavy atom. The fourth-order valence-corrected chi connectivity index (χ4v) is 4.56. The molecule has 1 heterocycles. The van der Waals surface area contributed by atoms with Crippen molar-refractivity contribution >= 4 is 32.6 Å². The summed E-state index contributed by atoms with van der Waals surface area (Å²) >= 11 is 1.47. The third-order valence-corrected chi connectivity index (χ3v) is 6.12. The van der Waals surface area contributed by atoms with Gasteiger partial charge in [-0.15, -0.1) is 0 Å². The number of aromatic nitrogens is 1. The van der Waals surface area contributed by atoms with Gasteiger partial charge in [0.25, 0.3) is 5.91 Å². The highest BCUT2D eigenvalue weighted by Crippen LogP contribution is 2.40. The predicted molar refractivity (Wildman–Crippen MR) is 141 cm³/mol. The van der Waals surface area contributed by atoms with E-state index in [4.69, 9.17) is 23.9 Å². The lowest BCUT2D eigenvalue weighted by atomic mass is 10.1. The average Bonchev–Trinajstić information content (AvgIpc) is 3.26. The zero-order valence-corrected chi connectivity index (χ0v) is 22.2. The van der Waals surface area contributed by atoms with Crippen LogP contribution in [0.3, 0.4) is 0 Å². The van der Waals surface area contributed by atoms with Gasteiger partial charge in [0, 0.05) is 18.7 Å². The number of amides is 1. The molecule has 0 atom stereocenters.